The van der Waals surface area contributed by atoms with Crippen LogP contribution in [0.1, 0.15) is 42.1 Å². The second-order valence-electron chi connectivity index (χ2n) is 9.05. The first-order valence-corrected chi connectivity index (χ1v) is 11.9. The molecular formula is C29H30N2O6. The molecule has 8 heteroatoms. The van der Waals surface area contributed by atoms with Gasteiger partial charge in [0, 0.05) is 24.5 Å². The molecule has 0 aliphatic carbocycles. The van der Waals surface area contributed by atoms with Crippen LogP contribution in [-0.4, -0.2) is 47.0 Å². The van der Waals surface area contributed by atoms with Crippen LogP contribution < -0.4 is 14.2 Å². The van der Waals surface area contributed by atoms with Crippen molar-refractivity contribution in [2.45, 2.75) is 39.5 Å². The Hall–Kier alpha value is -4.33. The number of hydrogen-bond acceptors (Lipinski definition) is 7. The quantitative estimate of drug-likeness (QED) is 0.268. The number of nitrogens with zero attached hydrogens (tertiary/aromatic N) is 2. The number of carbonyl (C=O) groups excluding carboxylic acids is 2. The largest absolute Gasteiger partial charge is 0.507 e. The van der Waals surface area contributed by atoms with Gasteiger partial charge in [-0.2, -0.15) is 0 Å². The number of aliphatic hydroxyl groups excluding tert-OH is 1. The number of carbonyl (C=O) groups is 2. The Kier molecular flexibility index (Phi) is 7.47. The maximum absolute atomic E-state index is 13.4. The highest BCUT2D eigenvalue weighted by atomic mass is 16.5. The van der Waals surface area contributed by atoms with E-state index >= 15 is 0 Å². The Morgan fingerprint density at radius 3 is 2.43 bits per heavy atom. The normalized spacial score (nSPS) is 16.8. The molecule has 3 aromatic rings. The van der Waals surface area contributed by atoms with Crippen molar-refractivity contribution in [1.82, 2.24) is 9.88 Å². The van der Waals surface area contributed by atoms with Crippen LogP contribution in [0.25, 0.3) is 5.76 Å². The minimum Gasteiger partial charge on any atom is -0.507 e. The van der Waals surface area contributed by atoms with Gasteiger partial charge in [0.15, 0.2) is 11.5 Å². The molecule has 8 nitrogen and oxygen atoms in total. The van der Waals surface area contributed by atoms with Crippen LogP contribution in [-0.2, 0) is 16.1 Å². The van der Waals surface area contributed by atoms with Gasteiger partial charge in [-0.1, -0.05) is 12.1 Å². The summed E-state index contributed by atoms with van der Waals surface area (Å²) >= 11 is 0. The van der Waals surface area contributed by atoms with Gasteiger partial charge in [0.25, 0.3) is 11.7 Å². The lowest BCUT2D eigenvalue weighted by molar-refractivity contribution is -0.140. The summed E-state index contributed by atoms with van der Waals surface area (Å²) in [6, 6.07) is 13.2. The molecule has 0 saturated carbocycles. The third kappa shape index (κ3) is 5.14. The van der Waals surface area contributed by atoms with E-state index in [9.17, 15) is 14.7 Å². The molecule has 4 rings (SSSR count). The molecule has 37 heavy (non-hydrogen) atoms. The van der Waals surface area contributed by atoms with Crippen LogP contribution >= 0.6 is 0 Å². The number of hydrogen-bond donors (Lipinski definition) is 1. The zero-order valence-electron chi connectivity index (χ0n) is 21.5. The first-order chi connectivity index (χ1) is 17.7. The summed E-state index contributed by atoms with van der Waals surface area (Å²) in [6.45, 7) is 5.81. The standard InChI is InChI=1S/C29H30N2O6/c1-17(2)37-21-9-10-22(18(3)13-21)27(32)25-26(20-8-11-23(35-4)24(14-20)36-5)31(29(34)28(25)33)16-19-7-6-12-30-15-19/h6-15,17,26,32H,16H2,1-5H3/b27-25-. The maximum Gasteiger partial charge on any atom is 0.295 e. The van der Waals surface area contributed by atoms with Crippen molar-refractivity contribution in [2.75, 3.05) is 14.2 Å². The van der Waals surface area contributed by atoms with Gasteiger partial charge in [-0.15, -0.1) is 0 Å². The van der Waals surface area contributed by atoms with E-state index in [0.717, 1.165) is 5.56 Å². The van der Waals surface area contributed by atoms with E-state index in [2.05, 4.69) is 4.98 Å². The Bertz CT molecular complexity index is 1350. The van der Waals surface area contributed by atoms with Crippen molar-refractivity contribution >= 4 is 17.4 Å². The summed E-state index contributed by atoms with van der Waals surface area (Å²) in [6.07, 6.45) is 3.27. The summed E-state index contributed by atoms with van der Waals surface area (Å²) in [4.78, 5) is 32.3. The van der Waals surface area contributed by atoms with Gasteiger partial charge >= 0.3 is 0 Å². The number of aryl methyl sites for hydroxylation is 1. The molecule has 1 aliphatic rings. The molecular weight excluding hydrogens is 472 g/mol. The van der Waals surface area contributed by atoms with Crippen molar-refractivity contribution in [2.24, 2.45) is 0 Å². The lowest BCUT2D eigenvalue weighted by atomic mass is 9.93. The van der Waals surface area contributed by atoms with Gasteiger partial charge in [0.2, 0.25) is 0 Å². The van der Waals surface area contributed by atoms with E-state index in [0.29, 0.717) is 33.9 Å². The number of amides is 1. The van der Waals surface area contributed by atoms with Crippen LogP contribution in [0.4, 0.5) is 0 Å². The third-order valence-corrected chi connectivity index (χ3v) is 6.16. The fourth-order valence-corrected chi connectivity index (χ4v) is 4.49. The van der Waals surface area contributed by atoms with Crippen LogP contribution in [0.15, 0.2) is 66.5 Å². The average Bonchev–Trinajstić information content (AvgIpc) is 3.13. The number of ketones is 1. The first-order valence-electron chi connectivity index (χ1n) is 11.9. The van der Waals surface area contributed by atoms with E-state index in [4.69, 9.17) is 14.2 Å². The number of methoxy groups -OCH3 is 2. The Morgan fingerprint density at radius 2 is 1.81 bits per heavy atom. The summed E-state index contributed by atoms with van der Waals surface area (Å²) in [5.41, 5.74) is 2.50. The van der Waals surface area contributed by atoms with E-state index in [-0.39, 0.29) is 24.0 Å². The molecule has 1 aliphatic heterocycles. The molecule has 0 radical (unpaired) electrons. The Labute approximate surface area is 216 Å². The number of aromatic nitrogens is 1. The third-order valence-electron chi connectivity index (χ3n) is 6.16. The van der Waals surface area contributed by atoms with Gasteiger partial charge in [0.05, 0.1) is 31.9 Å². The van der Waals surface area contributed by atoms with Crippen molar-refractivity contribution in [3.63, 3.8) is 0 Å². The van der Waals surface area contributed by atoms with E-state index < -0.39 is 17.7 Å². The molecule has 1 aromatic heterocycles. The number of aliphatic hydroxyl groups is 1. The molecule has 1 atom stereocenters. The lowest BCUT2D eigenvalue weighted by Crippen LogP contribution is -2.29. The number of Topliss-reactive ketones (excluding diaryl/α,β-unsaturated/α-hetero) is 1. The fourth-order valence-electron chi connectivity index (χ4n) is 4.49. The zero-order valence-corrected chi connectivity index (χ0v) is 21.5. The SMILES string of the molecule is COc1ccc(C2/C(=C(/O)c3ccc(OC(C)C)cc3C)C(=O)C(=O)N2Cc2cccnc2)cc1OC. The molecule has 0 spiro atoms. The lowest BCUT2D eigenvalue weighted by Gasteiger charge is -2.26. The molecule has 0 bridgehead atoms. The highest BCUT2D eigenvalue weighted by molar-refractivity contribution is 6.46. The van der Waals surface area contributed by atoms with Crippen LogP contribution in [0.2, 0.25) is 0 Å². The van der Waals surface area contributed by atoms with E-state index in [1.165, 1.54) is 19.1 Å². The molecule has 1 amide bonds. The highest BCUT2D eigenvalue weighted by Gasteiger charge is 2.46. The molecule has 1 fully saturated rings. The molecule has 192 valence electrons. The highest BCUT2D eigenvalue weighted by Crippen LogP contribution is 2.43. The first kappa shape index (κ1) is 25.8. The number of ether oxygens (including phenoxy) is 3. The topological polar surface area (TPSA) is 98.2 Å². The second-order valence-corrected chi connectivity index (χ2v) is 9.05. The van der Waals surface area contributed by atoms with Crippen molar-refractivity contribution in [3.8, 4) is 17.2 Å². The van der Waals surface area contributed by atoms with E-state index in [1.807, 2.05) is 26.8 Å². The zero-order chi connectivity index (χ0) is 26.7. The van der Waals surface area contributed by atoms with E-state index in [1.54, 1.807) is 54.9 Å². The van der Waals surface area contributed by atoms with Crippen molar-refractivity contribution in [3.05, 3.63) is 88.8 Å². The molecule has 2 heterocycles. The minimum absolute atomic E-state index is 0.00161. The van der Waals surface area contributed by atoms with Crippen molar-refractivity contribution in [1.29, 1.82) is 0 Å². The Balaban J connectivity index is 1.87. The number of pyridine rings is 1. The van der Waals surface area contributed by atoms with Crippen LogP contribution in [0, 0.1) is 6.92 Å². The van der Waals surface area contributed by atoms with Gasteiger partial charge in [-0.3, -0.25) is 14.6 Å². The van der Waals surface area contributed by atoms with Crippen molar-refractivity contribution < 1.29 is 28.9 Å². The fraction of sp³-hybridized carbons (Fsp3) is 0.276. The number of likely N-dealkylation sites (tertiary alicyclic amines) is 1. The monoisotopic (exact) mass is 502 g/mol. The summed E-state index contributed by atoms with van der Waals surface area (Å²) in [5, 5.41) is 11.5. The van der Waals surface area contributed by atoms with Crippen LogP contribution in [0.5, 0.6) is 17.2 Å². The average molecular weight is 503 g/mol. The van der Waals surface area contributed by atoms with Gasteiger partial charge in [0.1, 0.15) is 11.5 Å². The second kappa shape index (κ2) is 10.7. The molecule has 1 unspecified atom stereocenters. The minimum atomic E-state index is -0.856. The molecule has 2 aromatic carbocycles. The summed E-state index contributed by atoms with van der Waals surface area (Å²) in [5.74, 6) is -0.117. The smallest absolute Gasteiger partial charge is 0.295 e. The summed E-state index contributed by atoms with van der Waals surface area (Å²) in [7, 11) is 3.04. The van der Waals surface area contributed by atoms with Gasteiger partial charge in [-0.25, -0.2) is 0 Å². The maximum atomic E-state index is 13.4. The molecule has 1 saturated heterocycles. The number of rotatable bonds is 8. The van der Waals surface area contributed by atoms with Gasteiger partial charge < -0.3 is 24.2 Å². The number of benzene rings is 2. The predicted molar refractivity (Wildman–Crippen MR) is 139 cm³/mol. The van der Waals surface area contributed by atoms with Gasteiger partial charge in [-0.05, 0) is 73.9 Å². The molecule has 1 N–H and O–H groups in total. The predicted octanol–water partition coefficient (Wildman–Crippen LogP) is 4.82. The van der Waals surface area contributed by atoms with Crippen LogP contribution in [0.3, 0.4) is 0 Å². The Morgan fingerprint density at radius 1 is 1.05 bits per heavy atom. The summed E-state index contributed by atoms with van der Waals surface area (Å²) < 4.78 is 16.6.